The van der Waals surface area contributed by atoms with E-state index in [1.807, 2.05) is 60.7 Å². The highest BCUT2D eigenvalue weighted by Gasteiger charge is 2.25. The Morgan fingerprint density at radius 1 is 0.926 bits per heavy atom. The van der Waals surface area contributed by atoms with Crippen LogP contribution in [0.25, 0.3) is 0 Å². The number of carbonyl (C=O) groups excluding carboxylic acids is 2. The molecule has 1 heterocycles. The van der Waals surface area contributed by atoms with Gasteiger partial charge in [0.05, 0.1) is 11.8 Å². The van der Waals surface area contributed by atoms with E-state index >= 15 is 0 Å². The third-order valence-corrected chi connectivity index (χ3v) is 4.13. The maximum absolute atomic E-state index is 13.0. The van der Waals surface area contributed by atoms with E-state index in [2.05, 4.69) is 0 Å². The van der Waals surface area contributed by atoms with Gasteiger partial charge in [-0.2, -0.15) is 0 Å². The first-order chi connectivity index (χ1) is 13.1. The third kappa shape index (κ3) is 5.07. The first-order valence-corrected chi connectivity index (χ1v) is 8.73. The smallest absolute Gasteiger partial charge is 0.342 e. The summed E-state index contributed by atoms with van der Waals surface area (Å²) in [6.07, 6.45) is 1.78. The van der Waals surface area contributed by atoms with E-state index in [0.717, 1.165) is 11.1 Å². The van der Waals surface area contributed by atoms with E-state index in [1.54, 1.807) is 11.8 Å². The number of ether oxygens (including phenoxy) is 1. The first-order valence-electron chi connectivity index (χ1n) is 8.73. The predicted octanol–water partition coefficient (Wildman–Crippen LogP) is 4.05. The van der Waals surface area contributed by atoms with Crippen molar-refractivity contribution in [2.45, 2.75) is 26.1 Å². The molecule has 5 heteroatoms. The monoisotopic (exact) mass is 363 g/mol. The zero-order valence-electron chi connectivity index (χ0n) is 15.1. The van der Waals surface area contributed by atoms with Crippen LogP contribution in [0.2, 0.25) is 0 Å². The summed E-state index contributed by atoms with van der Waals surface area (Å²) in [6.45, 7) is 2.45. The lowest BCUT2D eigenvalue weighted by molar-refractivity contribution is -0.141. The van der Waals surface area contributed by atoms with Gasteiger partial charge in [-0.1, -0.05) is 60.7 Å². The Hall–Kier alpha value is -3.34. The molecule has 2 aromatic carbocycles. The van der Waals surface area contributed by atoms with Gasteiger partial charge in [-0.25, -0.2) is 4.79 Å². The molecule has 0 N–H and O–H groups in total. The fourth-order valence-corrected chi connectivity index (χ4v) is 2.74. The van der Waals surface area contributed by atoms with Crippen LogP contribution in [0, 0.1) is 0 Å². The lowest BCUT2D eigenvalue weighted by atomic mass is 10.1. The summed E-state index contributed by atoms with van der Waals surface area (Å²) >= 11 is 0. The molecule has 0 radical (unpaired) electrons. The number of hydrogen-bond donors (Lipinski definition) is 0. The summed E-state index contributed by atoms with van der Waals surface area (Å²) in [4.78, 5) is 26.8. The molecule has 0 aliphatic carbocycles. The first kappa shape index (κ1) is 18.5. The molecule has 1 amide bonds. The Bertz CT molecular complexity index is 818. The van der Waals surface area contributed by atoms with Gasteiger partial charge < -0.3 is 14.1 Å². The van der Waals surface area contributed by atoms with Gasteiger partial charge in [0, 0.05) is 13.1 Å². The van der Waals surface area contributed by atoms with Crippen LogP contribution in [0.1, 0.15) is 28.4 Å². The molecule has 0 spiro atoms. The molecule has 1 atom stereocenters. The van der Waals surface area contributed by atoms with Crippen LogP contribution in [0.3, 0.4) is 0 Å². The minimum Gasteiger partial charge on any atom is -0.472 e. The highest BCUT2D eigenvalue weighted by Crippen LogP contribution is 2.14. The number of rotatable bonds is 7. The van der Waals surface area contributed by atoms with Crippen LogP contribution in [-0.2, 0) is 22.6 Å². The Balaban J connectivity index is 1.73. The van der Waals surface area contributed by atoms with Gasteiger partial charge in [0.1, 0.15) is 6.26 Å². The highest BCUT2D eigenvalue weighted by molar-refractivity contribution is 5.91. The van der Waals surface area contributed by atoms with Crippen molar-refractivity contribution in [3.63, 3.8) is 0 Å². The topological polar surface area (TPSA) is 59.8 Å². The van der Waals surface area contributed by atoms with Gasteiger partial charge >= 0.3 is 5.97 Å². The number of benzene rings is 2. The van der Waals surface area contributed by atoms with Gasteiger partial charge in [-0.15, -0.1) is 0 Å². The van der Waals surface area contributed by atoms with Crippen LogP contribution >= 0.6 is 0 Å². The summed E-state index contributed by atoms with van der Waals surface area (Å²) in [5.74, 6) is -0.830. The molecule has 1 aromatic heterocycles. The summed E-state index contributed by atoms with van der Waals surface area (Å²) < 4.78 is 10.2. The number of hydrogen-bond acceptors (Lipinski definition) is 4. The van der Waals surface area contributed by atoms with Gasteiger partial charge in [0.2, 0.25) is 0 Å². The summed E-state index contributed by atoms with van der Waals surface area (Å²) in [5, 5.41) is 0. The Morgan fingerprint density at radius 3 is 1.96 bits per heavy atom. The molecule has 3 aromatic rings. The van der Waals surface area contributed by atoms with E-state index in [9.17, 15) is 9.59 Å². The second-order valence-electron chi connectivity index (χ2n) is 6.23. The van der Waals surface area contributed by atoms with E-state index in [4.69, 9.17) is 9.15 Å². The Labute approximate surface area is 158 Å². The van der Waals surface area contributed by atoms with Crippen LogP contribution < -0.4 is 0 Å². The SMILES string of the molecule is C[C@@H](OC(=O)c1ccoc1)C(=O)N(Cc1ccccc1)Cc1ccccc1. The second-order valence-corrected chi connectivity index (χ2v) is 6.23. The molecule has 0 aliphatic heterocycles. The maximum Gasteiger partial charge on any atom is 0.342 e. The van der Waals surface area contributed by atoms with Crippen molar-refractivity contribution in [3.8, 4) is 0 Å². The quantitative estimate of drug-likeness (QED) is 0.594. The van der Waals surface area contributed by atoms with Crippen molar-refractivity contribution >= 4 is 11.9 Å². The standard InChI is InChI=1S/C22H21NO4/c1-17(27-22(25)20-12-13-26-16-20)21(24)23(14-18-8-4-2-5-9-18)15-19-10-6-3-7-11-19/h2-13,16-17H,14-15H2,1H3/t17-/m1/s1. The van der Waals surface area contributed by atoms with Crippen molar-refractivity contribution in [3.05, 3.63) is 95.9 Å². The Morgan fingerprint density at radius 2 is 1.48 bits per heavy atom. The van der Waals surface area contributed by atoms with Crippen LogP contribution in [0.5, 0.6) is 0 Å². The van der Waals surface area contributed by atoms with Crippen LogP contribution in [0.4, 0.5) is 0 Å². The molecule has 3 rings (SSSR count). The normalized spacial score (nSPS) is 11.6. The summed E-state index contributed by atoms with van der Waals surface area (Å²) in [5.41, 5.74) is 2.30. The Kier molecular flexibility index (Phi) is 6.05. The van der Waals surface area contributed by atoms with Gasteiger partial charge in [0.25, 0.3) is 5.91 Å². The molecule has 0 aliphatic rings. The summed E-state index contributed by atoms with van der Waals surface area (Å²) in [7, 11) is 0. The maximum atomic E-state index is 13.0. The van der Waals surface area contributed by atoms with Gasteiger partial charge in [-0.05, 0) is 24.1 Å². The van der Waals surface area contributed by atoms with Crippen molar-refractivity contribution in [2.24, 2.45) is 0 Å². The zero-order chi connectivity index (χ0) is 19.1. The molecule has 5 nitrogen and oxygen atoms in total. The second kappa shape index (κ2) is 8.85. The molecular formula is C22H21NO4. The van der Waals surface area contributed by atoms with Crippen molar-refractivity contribution in [2.75, 3.05) is 0 Å². The van der Waals surface area contributed by atoms with Crippen LogP contribution in [0.15, 0.2) is 83.7 Å². The molecule has 0 saturated heterocycles. The zero-order valence-corrected chi connectivity index (χ0v) is 15.1. The number of furan rings is 1. The number of carbonyl (C=O) groups is 2. The molecule has 0 saturated carbocycles. The lowest BCUT2D eigenvalue weighted by Gasteiger charge is -2.26. The van der Waals surface area contributed by atoms with Crippen molar-refractivity contribution in [1.29, 1.82) is 0 Å². The largest absolute Gasteiger partial charge is 0.472 e. The molecule has 0 fully saturated rings. The van der Waals surface area contributed by atoms with E-state index in [0.29, 0.717) is 13.1 Å². The fourth-order valence-electron chi connectivity index (χ4n) is 2.74. The molecule has 138 valence electrons. The van der Waals surface area contributed by atoms with E-state index in [1.165, 1.54) is 18.6 Å². The number of esters is 1. The minimum atomic E-state index is -0.903. The van der Waals surface area contributed by atoms with Crippen molar-refractivity contribution < 1.29 is 18.7 Å². The fraction of sp³-hybridized carbons (Fsp3) is 0.182. The average molecular weight is 363 g/mol. The number of amides is 1. The van der Waals surface area contributed by atoms with Gasteiger partial charge in [-0.3, -0.25) is 4.79 Å². The van der Waals surface area contributed by atoms with E-state index < -0.39 is 12.1 Å². The molecule has 0 unspecified atom stereocenters. The molecular weight excluding hydrogens is 342 g/mol. The van der Waals surface area contributed by atoms with Gasteiger partial charge in [0.15, 0.2) is 6.10 Å². The molecule has 0 bridgehead atoms. The van der Waals surface area contributed by atoms with Crippen molar-refractivity contribution in [1.82, 2.24) is 4.90 Å². The highest BCUT2D eigenvalue weighted by atomic mass is 16.5. The van der Waals surface area contributed by atoms with E-state index in [-0.39, 0.29) is 11.5 Å². The average Bonchev–Trinajstić information content (AvgIpc) is 3.23. The van der Waals surface area contributed by atoms with Crippen LogP contribution in [-0.4, -0.2) is 22.9 Å². The third-order valence-electron chi connectivity index (χ3n) is 4.13. The molecule has 27 heavy (non-hydrogen) atoms. The number of nitrogens with zero attached hydrogens (tertiary/aromatic N) is 1. The summed E-state index contributed by atoms with van der Waals surface area (Å²) in [6, 6.07) is 21.0. The minimum absolute atomic E-state index is 0.250. The lowest BCUT2D eigenvalue weighted by Crippen LogP contribution is -2.39. The predicted molar refractivity (Wildman–Crippen MR) is 101 cm³/mol.